The summed E-state index contributed by atoms with van der Waals surface area (Å²) in [6, 6.07) is 0.239. The smallest absolute Gasteiger partial charge is 0.284 e. The van der Waals surface area contributed by atoms with E-state index in [1.165, 1.54) is 7.11 Å². The van der Waals surface area contributed by atoms with Gasteiger partial charge in [-0.3, -0.25) is 5.41 Å². The summed E-state index contributed by atoms with van der Waals surface area (Å²) < 4.78 is 9.84. The summed E-state index contributed by atoms with van der Waals surface area (Å²) in [7, 11) is 1.51. The molecule has 4 heteroatoms. The summed E-state index contributed by atoms with van der Waals surface area (Å²) in [5, 5.41) is 7.28. The molecule has 0 bridgehead atoms. The van der Waals surface area contributed by atoms with Crippen molar-refractivity contribution < 1.29 is 9.47 Å². The molecule has 0 atom stereocenters. The van der Waals surface area contributed by atoms with Crippen LogP contribution in [0.15, 0.2) is 0 Å². The number of hydrogen-bond acceptors (Lipinski definition) is 3. The van der Waals surface area contributed by atoms with Gasteiger partial charge in [0.05, 0.1) is 20.3 Å². The fourth-order valence-corrected chi connectivity index (χ4v) is 0.896. The topological polar surface area (TPSA) is 45.5 Å². The summed E-state index contributed by atoms with van der Waals surface area (Å²) in [6.07, 6.45) is 0. The molecule has 1 fully saturated rings. The number of ether oxygens (including phenoxy) is 2. The Balaban J connectivity index is 2.31. The lowest BCUT2D eigenvalue weighted by Gasteiger charge is -2.27. The molecule has 4 nitrogen and oxygen atoms in total. The Morgan fingerprint density at radius 3 is 2.60 bits per heavy atom. The summed E-state index contributed by atoms with van der Waals surface area (Å²) in [4.78, 5) is 1.85. The van der Waals surface area contributed by atoms with Crippen LogP contribution in [0.2, 0.25) is 0 Å². The van der Waals surface area contributed by atoms with E-state index in [0.717, 1.165) is 13.1 Å². The van der Waals surface area contributed by atoms with Gasteiger partial charge in [0.25, 0.3) is 6.02 Å². The van der Waals surface area contributed by atoms with Crippen molar-refractivity contribution in [1.29, 1.82) is 5.41 Å². The minimum Gasteiger partial charge on any atom is -0.469 e. The first-order valence-electron chi connectivity index (χ1n) is 3.30. The Morgan fingerprint density at radius 2 is 2.10 bits per heavy atom. The molecule has 10 heavy (non-hydrogen) atoms. The maximum Gasteiger partial charge on any atom is 0.284 e. The predicted molar refractivity (Wildman–Crippen MR) is 37.1 cm³/mol. The van der Waals surface area contributed by atoms with Gasteiger partial charge in [-0.15, -0.1) is 0 Å². The van der Waals surface area contributed by atoms with E-state index in [1.807, 2.05) is 4.90 Å². The minimum atomic E-state index is 0.239. The molecule has 1 rings (SSSR count). The van der Waals surface area contributed by atoms with Crippen LogP contribution in [0.1, 0.15) is 0 Å². The molecule has 0 amide bonds. The van der Waals surface area contributed by atoms with Crippen LogP contribution in [0, 0.1) is 5.41 Å². The zero-order valence-electron chi connectivity index (χ0n) is 6.09. The molecule has 0 aromatic heterocycles. The van der Waals surface area contributed by atoms with Crippen molar-refractivity contribution >= 4 is 6.02 Å². The van der Waals surface area contributed by atoms with Crippen molar-refractivity contribution in [1.82, 2.24) is 4.90 Å². The van der Waals surface area contributed by atoms with Gasteiger partial charge in [0.15, 0.2) is 0 Å². The molecule has 0 aliphatic carbocycles. The Morgan fingerprint density at radius 1 is 1.50 bits per heavy atom. The summed E-state index contributed by atoms with van der Waals surface area (Å²) in [5.74, 6) is 0. The molecule has 0 aromatic rings. The number of amidine groups is 1. The molecule has 0 aromatic carbocycles. The summed E-state index contributed by atoms with van der Waals surface area (Å²) in [6.45, 7) is 2.94. The highest BCUT2D eigenvalue weighted by molar-refractivity contribution is 5.70. The first-order chi connectivity index (χ1) is 4.84. The van der Waals surface area contributed by atoms with E-state index in [-0.39, 0.29) is 6.02 Å². The van der Waals surface area contributed by atoms with E-state index in [0.29, 0.717) is 13.2 Å². The number of methoxy groups -OCH3 is 1. The van der Waals surface area contributed by atoms with Crippen LogP contribution in [0.25, 0.3) is 0 Å². The molecular weight excluding hydrogens is 132 g/mol. The second-order valence-electron chi connectivity index (χ2n) is 2.11. The minimum absolute atomic E-state index is 0.239. The van der Waals surface area contributed by atoms with Crippen molar-refractivity contribution in [2.24, 2.45) is 0 Å². The van der Waals surface area contributed by atoms with Gasteiger partial charge in [0.1, 0.15) is 0 Å². The average molecular weight is 144 g/mol. The van der Waals surface area contributed by atoms with Crippen LogP contribution in [0.3, 0.4) is 0 Å². The highest BCUT2D eigenvalue weighted by Gasteiger charge is 2.12. The molecule has 1 N–H and O–H groups in total. The van der Waals surface area contributed by atoms with Crippen molar-refractivity contribution in [3.8, 4) is 0 Å². The van der Waals surface area contributed by atoms with Crippen LogP contribution in [-0.2, 0) is 9.47 Å². The zero-order chi connectivity index (χ0) is 7.40. The van der Waals surface area contributed by atoms with Crippen LogP contribution in [0.5, 0.6) is 0 Å². The highest BCUT2D eigenvalue weighted by Crippen LogP contribution is 1.96. The van der Waals surface area contributed by atoms with E-state index < -0.39 is 0 Å². The van der Waals surface area contributed by atoms with E-state index in [4.69, 9.17) is 14.9 Å². The third-order valence-corrected chi connectivity index (χ3v) is 1.49. The van der Waals surface area contributed by atoms with Crippen LogP contribution in [0.4, 0.5) is 0 Å². The maximum absolute atomic E-state index is 7.28. The van der Waals surface area contributed by atoms with Gasteiger partial charge in [-0.2, -0.15) is 0 Å². The van der Waals surface area contributed by atoms with E-state index in [9.17, 15) is 0 Å². The van der Waals surface area contributed by atoms with Crippen LogP contribution >= 0.6 is 0 Å². The van der Waals surface area contributed by atoms with Gasteiger partial charge < -0.3 is 14.4 Å². The van der Waals surface area contributed by atoms with Crippen LogP contribution in [-0.4, -0.2) is 44.3 Å². The van der Waals surface area contributed by atoms with Crippen molar-refractivity contribution in [3.05, 3.63) is 0 Å². The number of nitrogens with one attached hydrogen (secondary N) is 1. The molecule has 1 aliphatic heterocycles. The van der Waals surface area contributed by atoms with Gasteiger partial charge in [-0.05, 0) is 0 Å². The normalized spacial score (nSPS) is 18.7. The zero-order valence-corrected chi connectivity index (χ0v) is 6.09. The van der Waals surface area contributed by atoms with Gasteiger partial charge in [0.2, 0.25) is 0 Å². The van der Waals surface area contributed by atoms with E-state index in [1.54, 1.807) is 0 Å². The molecule has 0 radical (unpaired) electrons. The van der Waals surface area contributed by atoms with E-state index >= 15 is 0 Å². The molecule has 0 unspecified atom stereocenters. The molecule has 58 valence electrons. The molecule has 0 spiro atoms. The first kappa shape index (κ1) is 7.34. The van der Waals surface area contributed by atoms with E-state index in [2.05, 4.69) is 0 Å². The predicted octanol–water partition coefficient (Wildman–Crippen LogP) is -0.100. The number of hydrogen-bond donors (Lipinski definition) is 1. The Kier molecular flexibility index (Phi) is 2.50. The summed E-state index contributed by atoms with van der Waals surface area (Å²) in [5.41, 5.74) is 0. The molecular formula is C6H12N2O2. The molecule has 0 saturated carbocycles. The monoisotopic (exact) mass is 144 g/mol. The Labute approximate surface area is 60.2 Å². The number of morpholine rings is 1. The molecule has 1 heterocycles. The third-order valence-electron chi connectivity index (χ3n) is 1.49. The first-order valence-corrected chi connectivity index (χ1v) is 3.30. The average Bonchev–Trinajstić information content (AvgIpc) is 2.05. The highest BCUT2D eigenvalue weighted by atomic mass is 16.5. The van der Waals surface area contributed by atoms with Gasteiger partial charge in [-0.25, -0.2) is 0 Å². The van der Waals surface area contributed by atoms with Gasteiger partial charge in [0, 0.05) is 13.1 Å². The van der Waals surface area contributed by atoms with Crippen molar-refractivity contribution in [2.45, 2.75) is 0 Å². The lowest BCUT2D eigenvalue weighted by Crippen LogP contribution is -2.40. The second kappa shape index (κ2) is 3.41. The van der Waals surface area contributed by atoms with Gasteiger partial charge in [-0.1, -0.05) is 0 Å². The van der Waals surface area contributed by atoms with Crippen molar-refractivity contribution in [3.63, 3.8) is 0 Å². The number of nitrogens with zero attached hydrogens (tertiary/aromatic N) is 1. The maximum atomic E-state index is 7.28. The third kappa shape index (κ3) is 1.60. The fourth-order valence-electron chi connectivity index (χ4n) is 0.896. The van der Waals surface area contributed by atoms with Gasteiger partial charge >= 0.3 is 0 Å². The van der Waals surface area contributed by atoms with Crippen LogP contribution < -0.4 is 0 Å². The quantitative estimate of drug-likeness (QED) is 0.381. The van der Waals surface area contributed by atoms with Crippen molar-refractivity contribution in [2.75, 3.05) is 33.4 Å². The molecule has 1 saturated heterocycles. The summed E-state index contributed by atoms with van der Waals surface area (Å²) >= 11 is 0. The Hall–Kier alpha value is -0.770. The largest absolute Gasteiger partial charge is 0.469 e. The molecule has 1 aliphatic rings. The number of rotatable bonds is 0. The lowest BCUT2D eigenvalue weighted by molar-refractivity contribution is 0.0573. The SMILES string of the molecule is COC(=N)N1CCOCC1. The Bertz CT molecular complexity index is 121. The lowest BCUT2D eigenvalue weighted by atomic mass is 10.4. The fraction of sp³-hybridized carbons (Fsp3) is 0.833. The second-order valence-corrected chi connectivity index (χ2v) is 2.11. The standard InChI is InChI=1S/C6H12N2O2/c1-9-6(7)8-2-4-10-5-3-8/h7H,2-5H2,1H3.